The average molecular weight is 283 g/mol. The van der Waals surface area contributed by atoms with Crippen LogP contribution < -0.4 is 10.1 Å². The molecule has 0 aliphatic heterocycles. The lowest BCUT2D eigenvalue weighted by Gasteiger charge is -2.09. The fourth-order valence-corrected chi connectivity index (χ4v) is 1.56. The number of nitrogens with one attached hydrogen (secondary N) is 1. The predicted molar refractivity (Wildman–Crippen MR) is 78.4 cm³/mol. The van der Waals surface area contributed by atoms with E-state index in [1.165, 1.54) is 0 Å². The molecule has 0 bridgehead atoms. The van der Waals surface area contributed by atoms with Crippen LogP contribution in [0, 0.1) is 0 Å². The summed E-state index contributed by atoms with van der Waals surface area (Å²) in [5, 5.41) is 3.18. The van der Waals surface area contributed by atoms with Gasteiger partial charge in [-0.25, -0.2) is 4.98 Å². The number of ether oxygens (including phenoxy) is 3. The third-order valence-corrected chi connectivity index (χ3v) is 2.54. The van der Waals surface area contributed by atoms with Gasteiger partial charge in [0.15, 0.2) is 0 Å². The summed E-state index contributed by atoms with van der Waals surface area (Å²) in [6.07, 6.45) is 1.61. The van der Waals surface area contributed by atoms with Crippen LogP contribution in [-0.4, -0.2) is 50.1 Å². The van der Waals surface area contributed by atoms with E-state index < -0.39 is 0 Å². The summed E-state index contributed by atoms with van der Waals surface area (Å²) >= 11 is 0. The number of hydrogen-bond acceptors (Lipinski definition) is 6. The molecule has 1 N–H and O–H groups in total. The van der Waals surface area contributed by atoms with Crippen LogP contribution in [0.2, 0.25) is 0 Å². The zero-order chi connectivity index (χ0) is 14.6. The van der Waals surface area contributed by atoms with Crippen LogP contribution in [0.5, 0.6) is 5.88 Å². The summed E-state index contributed by atoms with van der Waals surface area (Å²) in [6, 6.07) is 1.83. The summed E-state index contributed by atoms with van der Waals surface area (Å²) < 4.78 is 15.9. The third-order valence-electron chi connectivity index (χ3n) is 2.54. The third kappa shape index (κ3) is 6.68. The average Bonchev–Trinajstić information content (AvgIpc) is 2.46. The Labute approximate surface area is 120 Å². The predicted octanol–water partition coefficient (Wildman–Crippen LogP) is 1.90. The van der Waals surface area contributed by atoms with Crippen molar-refractivity contribution in [1.82, 2.24) is 9.97 Å². The minimum absolute atomic E-state index is 0.582. The van der Waals surface area contributed by atoms with Crippen molar-refractivity contribution in [3.8, 4) is 5.88 Å². The number of rotatable bonds is 11. The van der Waals surface area contributed by atoms with Crippen LogP contribution in [0.25, 0.3) is 0 Å². The molecular formula is C14H25N3O3. The normalized spacial score (nSPS) is 10.6. The maximum atomic E-state index is 5.64. The molecule has 0 amide bonds. The SMILES string of the molecule is CCNc1cc(OCCCOCCOC)nc(CC)n1. The molecule has 0 unspecified atom stereocenters. The molecule has 1 heterocycles. The number of hydrogen-bond donors (Lipinski definition) is 1. The minimum Gasteiger partial charge on any atom is -0.477 e. The van der Waals surface area contributed by atoms with Gasteiger partial charge < -0.3 is 19.5 Å². The van der Waals surface area contributed by atoms with E-state index in [2.05, 4.69) is 15.3 Å². The minimum atomic E-state index is 0.582. The van der Waals surface area contributed by atoms with Crippen molar-refractivity contribution in [2.75, 3.05) is 45.4 Å². The monoisotopic (exact) mass is 283 g/mol. The maximum absolute atomic E-state index is 5.64. The molecular weight excluding hydrogens is 258 g/mol. The van der Waals surface area contributed by atoms with Crippen molar-refractivity contribution in [2.45, 2.75) is 26.7 Å². The Morgan fingerprint density at radius 2 is 1.95 bits per heavy atom. The van der Waals surface area contributed by atoms with Gasteiger partial charge in [0.25, 0.3) is 0 Å². The van der Waals surface area contributed by atoms with Crippen molar-refractivity contribution >= 4 is 5.82 Å². The van der Waals surface area contributed by atoms with E-state index in [9.17, 15) is 0 Å². The van der Waals surface area contributed by atoms with Gasteiger partial charge in [0.1, 0.15) is 11.6 Å². The van der Waals surface area contributed by atoms with Gasteiger partial charge in [0.2, 0.25) is 5.88 Å². The first-order valence-corrected chi connectivity index (χ1v) is 7.11. The molecule has 0 spiro atoms. The fourth-order valence-electron chi connectivity index (χ4n) is 1.56. The number of nitrogens with zero attached hydrogens (tertiary/aromatic N) is 2. The quantitative estimate of drug-likeness (QED) is 0.626. The Bertz CT molecular complexity index is 375. The van der Waals surface area contributed by atoms with Crippen LogP contribution in [0.4, 0.5) is 5.82 Å². The van der Waals surface area contributed by atoms with E-state index in [0.29, 0.717) is 32.3 Å². The van der Waals surface area contributed by atoms with Gasteiger partial charge in [0.05, 0.1) is 19.8 Å². The van der Waals surface area contributed by atoms with Gasteiger partial charge in [-0.1, -0.05) is 6.92 Å². The van der Waals surface area contributed by atoms with Crippen LogP contribution in [-0.2, 0) is 15.9 Å². The van der Waals surface area contributed by atoms with Crippen LogP contribution in [0.15, 0.2) is 6.07 Å². The molecule has 1 aromatic heterocycles. The Kier molecular flexibility index (Phi) is 8.66. The van der Waals surface area contributed by atoms with Crippen molar-refractivity contribution < 1.29 is 14.2 Å². The van der Waals surface area contributed by atoms with Gasteiger partial charge in [0, 0.05) is 39.2 Å². The van der Waals surface area contributed by atoms with Gasteiger partial charge in [-0.15, -0.1) is 0 Å². The first kappa shape index (κ1) is 16.7. The van der Waals surface area contributed by atoms with E-state index in [1.807, 2.05) is 19.9 Å². The molecule has 0 saturated heterocycles. The maximum Gasteiger partial charge on any atom is 0.218 e. The second-order valence-electron chi connectivity index (χ2n) is 4.20. The van der Waals surface area contributed by atoms with Crippen LogP contribution >= 0.6 is 0 Å². The van der Waals surface area contributed by atoms with Gasteiger partial charge in [-0.3, -0.25) is 0 Å². The number of anilines is 1. The molecule has 0 radical (unpaired) electrons. The lowest BCUT2D eigenvalue weighted by atomic mass is 10.4. The summed E-state index contributed by atoms with van der Waals surface area (Å²) in [6.45, 7) is 7.37. The molecule has 0 aliphatic rings. The zero-order valence-corrected chi connectivity index (χ0v) is 12.6. The lowest BCUT2D eigenvalue weighted by Crippen LogP contribution is -2.09. The number of aromatic nitrogens is 2. The lowest BCUT2D eigenvalue weighted by molar-refractivity contribution is 0.0642. The van der Waals surface area contributed by atoms with Gasteiger partial charge >= 0.3 is 0 Å². The van der Waals surface area contributed by atoms with Crippen molar-refractivity contribution in [1.29, 1.82) is 0 Å². The number of methoxy groups -OCH3 is 1. The Hall–Kier alpha value is -1.40. The van der Waals surface area contributed by atoms with Crippen LogP contribution in [0.3, 0.4) is 0 Å². The highest BCUT2D eigenvalue weighted by molar-refractivity contribution is 5.38. The molecule has 114 valence electrons. The van der Waals surface area contributed by atoms with Crippen molar-refractivity contribution in [3.63, 3.8) is 0 Å². The first-order chi connectivity index (χ1) is 9.80. The molecule has 6 heteroatoms. The van der Waals surface area contributed by atoms with E-state index in [4.69, 9.17) is 14.2 Å². The molecule has 0 saturated carbocycles. The standard InChI is InChI=1S/C14H25N3O3/c1-4-12-16-13(15-5-2)11-14(17-12)20-8-6-7-19-10-9-18-3/h11H,4-10H2,1-3H3,(H,15,16,17). The molecule has 0 aromatic carbocycles. The van der Waals surface area contributed by atoms with E-state index in [1.54, 1.807) is 7.11 Å². The Balaban J connectivity index is 2.33. The van der Waals surface area contributed by atoms with Crippen molar-refractivity contribution in [3.05, 3.63) is 11.9 Å². The Morgan fingerprint density at radius 1 is 1.10 bits per heavy atom. The van der Waals surface area contributed by atoms with Crippen LogP contribution in [0.1, 0.15) is 26.1 Å². The molecule has 1 aromatic rings. The molecule has 0 fully saturated rings. The van der Waals surface area contributed by atoms with Crippen molar-refractivity contribution in [2.24, 2.45) is 0 Å². The molecule has 0 atom stereocenters. The molecule has 20 heavy (non-hydrogen) atoms. The summed E-state index contributed by atoms with van der Waals surface area (Å²) in [5.74, 6) is 2.21. The fraction of sp³-hybridized carbons (Fsp3) is 0.714. The summed E-state index contributed by atoms with van der Waals surface area (Å²) in [5.41, 5.74) is 0. The zero-order valence-electron chi connectivity index (χ0n) is 12.6. The highest BCUT2D eigenvalue weighted by Crippen LogP contribution is 2.14. The smallest absolute Gasteiger partial charge is 0.218 e. The molecule has 6 nitrogen and oxygen atoms in total. The second-order valence-corrected chi connectivity index (χ2v) is 4.20. The number of aryl methyl sites for hydroxylation is 1. The Morgan fingerprint density at radius 3 is 2.65 bits per heavy atom. The summed E-state index contributed by atoms with van der Waals surface area (Å²) in [4.78, 5) is 8.73. The molecule has 1 rings (SSSR count). The highest BCUT2D eigenvalue weighted by Gasteiger charge is 2.04. The molecule has 0 aliphatic carbocycles. The van der Waals surface area contributed by atoms with Gasteiger partial charge in [-0.05, 0) is 6.92 Å². The second kappa shape index (κ2) is 10.4. The van der Waals surface area contributed by atoms with E-state index in [-0.39, 0.29) is 0 Å². The summed E-state index contributed by atoms with van der Waals surface area (Å²) in [7, 11) is 1.66. The largest absolute Gasteiger partial charge is 0.477 e. The first-order valence-electron chi connectivity index (χ1n) is 7.11. The topological polar surface area (TPSA) is 65.5 Å². The van der Waals surface area contributed by atoms with Gasteiger partial charge in [-0.2, -0.15) is 4.98 Å². The van der Waals surface area contributed by atoms with E-state index in [0.717, 1.165) is 31.0 Å². The highest BCUT2D eigenvalue weighted by atomic mass is 16.5. The van der Waals surface area contributed by atoms with E-state index >= 15 is 0 Å².